The number of carbonyl (C=O) groups excluding carboxylic acids is 1. The van der Waals surface area contributed by atoms with E-state index in [2.05, 4.69) is 10.3 Å². The van der Waals surface area contributed by atoms with Crippen LogP contribution in [0.4, 0.5) is 10.2 Å². The first-order valence-corrected chi connectivity index (χ1v) is 8.78. The average molecular weight is 400 g/mol. The Morgan fingerprint density at radius 1 is 1.04 bits per heavy atom. The van der Waals surface area contributed by atoms with E-state index in [1.165, 1.54) is 18.2 Å². The molecule has 0 spiro atoms. The number of anilines is 1. The number of nitrogens with one attached hydrogen (secondary N) is 1. The molecule has 134 valence electrons. The Balaban J connectivity index is 1.81. The molecule has 0 saturated heterocycles. The van der Waals surface area contributed by atoms with Crippen molar-refractivity contribution in [1.82, 2.24) is 9.38 Å². The third-order valence-corrected chi connectivity index (χ3v) is 4.60. The van der Waals surface area contributed by atoms with Crippen molar-refractivity contribution in [2.24, 2.45) is 0 Å². The first-order valence-electron chi connectivity index (χ1n) is 8.02. The Bertz CT molecular complexity index is 1160. The monoisotopic (exact) mass is 399 g/mol. The van der Waals surface area contributed by atoms with E-state index >= 15 is 0 Å². The van der Waals surface area contributed by atoms with Gasteiger partial charge in [0.2, 0.25) is 0 Å². The van der Waals surface area contributed by atoms with E-state index in [4.69, 9.17) is 23.2 Å². The zero-order chi connectivity index (χ0) is 19.0. The lowest BCUT2D eigenvalue weighted by atomic mass is 10.1. The van der Waals surface area contributed by atoms with Crippen LogP contribution in [0.5, 0.6) is 0 Å². The molecule has 1 amide bonds. The van der Waals surface area contributed by atoms with Crippen LogP contribution in [0.1, 0.15) is 10.4 Å². The highest BCUT2D eigenvalue weighted by molar-refractivity contribution is 6.37. The predicted octanol–water partition coefficient (Wildman–Crippen LogP) is 5.70. The zero-order valence-corrected chi connectivity index (χ0v) is 15.3. The minimum Gasteiger partial charge on any atom is -0.306 e. The molecule has 7 heteroatoms. The molecule has 0 aliphatic heterocycles. The third-order valence-electron chi connectivity index (χ3n) is 4.06. The maximum atomic E-state index is 13.3. The number of rotatable bonds is 3. The van der Waals surface area contributed by atoms with Crippen molar-refractivity contribution < 1.29 is 9.18 Å². The van der Waals surface area contributed by atoms with E-state index in [0.717, 1.165) is 0 Å². The van der Waals surface area contributed by atoms with Gasteiger partial charge in [0.05, 0.1) is 10.6 Å². The van der Waals surface area contributed by atoms with Gasteiger partial charge in [0.15, 0.2) is 0 Å². The summed E-state index contributed by atoms with van der Waals surface area (Å²) in [4.78, 5) is 17.4. The summed E-state index contributed by atoms with van der Waals surface area (Å²) in [5, 5.41) is 3.55. The molecule has 2 aromatic heterocycles. The van der Waals surface area contributed by atoms with Crippen LogP contribution in [0, 0.1) is 5.82 Å². The maximum absolute atomic E-state index is 13.3. The molecular weight excluding hydrogens is 388 g/mol. The summed E-state index contributed by atoms with van der Waals surface area (Å²) in [6.45, 7) is 0. The van der Waals surface area contributed by atoms with Crippen LogP contribution in [0.3, 0.4) is 0 Å². The largest absolute Gasteiger partial charge is 0.306 e. The lowest BCUT2D eigenvalue weighted by Crippen LogP contribution is -2.14. The van der Waals surface area contributed by atoms with E-state index < -0.39 is 5.91 Å². The van der Waals surface area contributed by atoms with Gasteiger partial charge in [0, 0.05) is 16.8 Å². The first kappa shape index (κ1) is 17.5. The number of nitrogens with zero attached hydrogens (tertiary/aromatic N) is 2. The Kier molecular flexibility index (Phi) is 4.56. The number of hydrogen-bond donors (Lipinski definition) is 1. The summed E-state index contributed by atoms with van der Waals surface area (Å²) in [5.41, 5.74) is 2.14. The molecule has 4 rings (SSSR count). The van der Waals surface area contributed by atoms with Crippen LogP contribution in [0.15, 0.2) is 66.9 Å². The summed E-state index contributed by atoms with van der Waals surface area (Å²) in [6.07, 6.45) is 1.79. The molecule has 0 fully saturated rings. The van der Waals surface area contributed by atoms with Crippen LogP contribution < -0.4 is 5.32 Å². The van der Waals surface area contributed by atoms with Gasteiger partial charge in [-0.2, -0.15) is 0 Å². The third kappa shape index (κ3) is 3.39. The SMILES string of the molecule is O=C(Nc1c(-c2ccc(F)cc2)nc2ccccn12)c1ccc(Cl)cc1Cl. The Morgan fingerprint density at radius 2 is 1.81 bits per heavy atom. The van der Waals surface area contributed by atoms with Gasteiger partial charge < -0.3 is 5.32 Å². The number of amides is 1. The molecule has 0 aliphatic carbocycles. The summed E-state index contributed by atoms with van der Waals surface area (Å²) in [6, 6.07) is 16.1. The maximum Gasteiger partial charge on any atom is 0.258 e. The highest BCUT2D eigenvalue weighted by Gasteiger charge is 2.18. The molecule has 2 aromatic carbocycles. The summed E-state index contributed by atoms with van der Waals surface area (Å²) in [5.74, 6) is -0.278. The summed E-state index contributed by atoms with van der Waals surface area (Å²) < 4.78 is 15.0. The van der Waals surface area contributed by atoms with E-state index in [0.29, 0.717) is 27.7 Å². The number of fused-ring (bicyclic) bond motifs is 1. The molecule has 4 nitrogen and oxygen atoms in total. The summed E-state index contributed by atoms with van der Waals surface area (Å²) >= 11 is 12.0. The van der Waals surface area contributed by atoms with Crippen LogP contribution in [-0.4, -0.2) is 15.3 Å². The highest BCUT2D eigenvalue weighted by atomic mass is 35.5. The number of imidazole rings is 1. The van der Waals surface area contributed by atoms with E-state index in [1.54, 1.807) is 34.9 Å². The van der Waals surface area contributed by atoms with Crippen molar-refractivity contribution in [3.63, 3.8) is 0 Å². The highest BCUT2D eigenvalue weighted by Crippen LogP contribution is 2.30. The molecule has 0 saturated carbocycles. The normalized spacial score (nSPS) is 10.9. The summed E-state index contributed by atoms with van der Waals surface area (Å²) in [7, 11) is 0. The van der Waals surface area contributed by atoms with Crippen LogP contribution in [-0.2, 0) is 0 Å². The van der Waals surface area contributed by atoms with Crippen molar-refractivity contribution in [3.8, 4) is 11.3 Å². The number of hydrogen-bond acceptors (Lipinski definition) is 2. The smallest absolute Gasteiger partial charge is 0.258 e. The van der Waals surface area contributed by atoms with Crippen molar-refractivity contribution in [3.05, 3.63) is 88.3 Å². The van der Waals surface area contributed by atoms with Crippen LogP contribution >= 0.6 is 23.2 Å². The number of halogens is 3. The molecule has 4 aromatic rings. The second-order valence-corrected chi connectivity index (χ2v) is 6.67. The Labute approximate surface area is 164 Å². The predicted molar refractivity (Wildman–Crippen MR) is 105 cm³/mol. The average Bonchev–Trinajstić information content (AvgIpc) is 3.01. The van der Waals surface area contributed by atoms with Gasteiger partial charge in [0.1, 0.15) is 23.0 Å². The first-order chi connectivity index (χ1) is 13.0. The molecule has 0 unspecified atom stereocenters. The molecular formula is C20H12Cl2FN3O. The minimum absolute atomic E-state index is 0.247. The Morgan fingerprint density at radius 3 is 2.56 bits per heavy atom. The van der Waals surface area contributed by atoms with Gasteiger partial charge in [0.25, 0.3) is 5.91 Å². The minimum atomic E-state index is -0.398. The van der Waals surface area contributed by atoms with E-state index in [9.17, 15) is 9.18 Å². The topological polar surface area (TPSA) is 46.4 Å². The fraction of sp³-hybridized carbons (Fsp3) is 0. The number of pyridine rings is 1. The Hall–Kier alpha value is -2.89. The van der Waals surface area contributed by atoms with Crippen molar-refractivity contribution >= 4 is 40.6 Å². The standard InChI is InChI=1S/C20H12Cl2FN3O/c21-13-6-9-15(16(22)11-13)20(27)25-19-18(12-4-7-14(23)8-5-12)24-17-3-1-2-10-26(17)19/h1-11H,(H,25,27). The second kappa shape index (κ2) is 7.02. The zero-order valence-electron chi connectivity index (χ0n) is 13.8. The number of benzene rings is 2. The fourth-order valence-electron chi connectivity index (χ4n) is 2.77. The quantitative estimate of drug-likeness (QED) is 0.480. The van der Waals surface area contributed by atoms with Gasteiger partial charge in [-0.3, -0.25) is 9.20 Å². The molecule has 0 radical (unpaired) electrons. The lowest BCUT2D eigenvalue weighted by molar-refractivity contribution is 0.102. The molecule has 2 heterocycles. The van der Waals surface area contributed by atoms with Crippen LogP contribution in [0.2, 0.25) is 10.0 Å². The second-order valence-electron chi connectivity index (χ2n) is 5.82. The van der Waals surface area contributed by atoms with Crippen LogP contribution in [0.25, 0.3) is 16.9 Å². The molecule has 0 atom stereocenters. The molecule has 0 aliphatic rings. The lowest BCUT2D eigenvalue weighted by Gasteiger charge is -2.09. The van der Waals surface area contributed by atoms with Gasteiger partial charge in [-0.25, -0.2) is 9.37 Å². The molecule has 0 bridgehead atoms. The van der Waals surface area contributed by atoms with Crippen molar-refractivity contribution in [2.45, 2.75) is 0 Å². The molecule has 27 heavy (non-hydrogen) atoms. The van der Waals surface area contributed by atoms with Gasteiger partial charge in [-0.1, -0.05) is 29.3 Å². The van der Waals surface area contributed by atoms with Gasteiger partial charge >= 0.3 is 0 Å². The van der Waals surface area contributed by atoms with E-state index in [1.807, 2.05) is 18.2 Å². The van der Waals surface area contributed by atoms with Crippen molar-refractivity contribution in [2.75, 3.05) is 5.32 Å². The van der Waals surface area contributed by atoms with Gasteiger partial charge in [-0.05, 0) is 54.6 Å². The van der Waals surface area contributed by atoms with E-state index in [-0.39, 0.29) is 16.4 Å². The molecule has 1 N–H and O–H groups in total. The number of aromatic nitrogens is 2. The number of carbonyl (C=O) groups is 1. The fourth-order valence-corrected chi connectivity index (χ4v) is 3.27. The van der Waals surface area contributed by atoms with Crippen molar-refractivity contribution in [1.29, 1.82) is 0 Å². The van der Waals surface area contributed by atoms with Gasteiger partial charge in [-0.15, -0.1) is 0 Å².